The van der Waals surface area contributed by atoms with Crippen molar-refractivity contribution in [3.63, 3.8) is 0 Å². The fourth-order valence-corrected chi connectivity index (χ4v) is 2.22. The van der Waals surface area contributed by atoms with Crippen molar-refractivity contribution in [1.29, 1.82) is 0 Å². The maximum Gasteiger partial charge on any atom is 0.340 e. The van der Waals surface area contributed by atoms with Crippen molar-refractivity contribution in [2.24, 2.45) is 0 Å². The number of aromatic nitrogens is 1. The van der Waals surface area contributed by atoms with E-state index in [-0.39, 0.29) is 17.4 Å². The molecule has 0 bridgehead atoms. The van der Waals surface area contributed by atoms with Crippen LogP contribution in [0.25, 0.3) is 5.57 Å². The van der Waals surface area contributed by atoms with Crippen LogP contribution in [0.3, 0.4) is 0 Å². The fraction of sp³-hybridized carbons (Fsp3) is 0.125. The summed E-state index contributed by atoms with van der Waals surface area (Å²) in [7, 11) is 0. The van der Waals surface area contributed by atoms with Crippen molar-refractivity contribution in [2.75, 3.05) is 17.7 Å². The van der Waals surface area contributed by atoms with Gasteiger partial charge in [-0.3, -0.25) is 0 Å². The highest BCUT2D eigenvalue weighted by molar-refractivity contribution is 6.32. The molecule has 26 heavy (non-hydrogen) atoms. The molecule has 1 aromatic carbocycles. The largest absolute Gasteiger partial charge is 0.462 e. The summed E-state index contributed by atoms with van der Waals surface area (Å²) in [4.78, 5) is 15.9. The first-order valence-corrected chi connectivity index (χ1v) is 7.90. The Labute approximate surface area is 156 Å². The molecule has 0 aliphatic carbocycles. The number of rotatable bonds is 5. The molecule has 10 heteroatoms. The van der Waals surface area contributed by atoms with Gasteiger partial charge in [0.05, 0.1) is 29.8 Å². The number of pyridine rings is 1. The second-order valence-corrected chi connectivity index (χ2v) is 5.61. The lowest BCUT2D eigenvalue weighted by Crippen LogP contribution is -2.11. The van der Waals surface area contributed by atoms with Crippen LogP contribution >= 0.6 is 23.2 Å². The molecule has 0 aliphatic heterocycles. The lowest BCUT2D eigenvalue weighted by molar-refractivity contribution is -0.136. The Kier molecular flexibility index (Phi) is 6.33. The average molecular weight is 406 g/mol. The van der Waals surface area contributed by atoms with Gasteiger partial charge in [0.2, 0.25) is 0 Å². The SMILES string of the molecule is CCOC(=O)/C(=C/Nc1cnc(Cl)c(N)c1)c1cc(F)c(F)c(Cl)c1F. The molecule has 2 rings (SSSR count). The van der Waals surface area contributed by atoms with Crippen LogP contribution in [0.15, 0.2) is 24.5 Å². The van der Waals surface area contributed by atoms with Crippen LogP contribution in [0.1, 0.15) is 12.5 Å². The lowest BCUT2D eigenvalue weighted by Gasteiger charge is -2.11. The van der Waals surface area contributed by atoms with Gasteiger partial charge in [-0.1, -0.05) is 23.2 Å². The molecular weight excluding hydrogens is 394 g/mol. The molecule has 0 unspecified atom stereocenters. The third kappa shape index (κ3) is 4.20. The van der Waals surface area contributed by atoms with E-state index in [0.717, 1.165) is 6.20 Å². The molecule has 3 N–H and O–H groups in total. The Balaban J connectivity index is 2.50. The van der Waals surface area contributed by atoms with Crippen molar-refractivity contribution >= 4 is 46.1 Å². The standard InChI is InChI=1S/C16H12Cl2F3N3O2/c1-2-26-16(25)9(6-23-7-3-11(22)15(18)24-5-7)8-4-10(19)14(21)12(17)13(8)20/h3-6,23H,2,22H2,1H3/b9-6+. The smallest absolute Gasteiger partial charge is 0.340 e. The predicted molar refractivity (Wildman–Crippen MR) is 93.2 cm³/mol. The summed E-state index contributed by atoms with van der Waals surface area (Å²) < 4.78 is 46.1. The molecular formula is C16H12Cl2F3N3O2. The summed E-state index contributed by atoms with van der Waals surface area (Å²) in [5, 5.41) is 1.64. The Bertz CT molecular complexity index is 892. The molecule has 2 aromatic rings. The minimum Gasteiger partial charge on any atom is -0.462 e. The van der Waals surface area contributed by atoms with E-state index < -0.39 is 39.6 Å². The molecule has 0 radical (unpaired) electrons. The van der Waals surface area contributed by atoms with Crippen molar-refractivity contribution in [1.82, 2.24) is 4.98 Å². The van der Waals surface area contributed by atoms with Crippen LogP contribution in [0, 0.1) is 17.5 Å². The maximum atomic E-state index is 14.3. The molecule has 0 saturated heterocycles. The van der Waals surface area contributed by atoms with Crippen molar-refractivity contribution < 1.29 is 22.7 Å². The van der Waals surface area contributed by atoms with E-state index in [1.54, 1.807) is 0 Å². The molecule has 1 heterocycles. The fourth-order valence-electron chi connectivity index (χ4n) is 1.92. The number of anilines is 2. The molecule has 0 saturated carbocycles. The summed E-state index contributed by atoms with van der Waals surface area (Å²) in [6.07, 6.45) is 2.33. The number of halogens is 5. The first-order chi connectivity index (χ1) is 12.3. The highest BCUT2D eigenvalue weighted by Gasteiger charge is 2.24. The van der Waals surface area contributed by atoms with E-state index >= 15 is 0 Å². The second-order valence-electron chi connectivity index (χ2n) is 4.87. The molecule has 138 valence electrons. The molecule has 0 spiro atoms. The minimum absolute atomic E-state index is 0.0232. The minimum atomic E-state index is -1.56. The Hall–Kier alpha value is -2.45. The monoisotopic (exact) mass is 405 g/mol. The number of nitrogens with one attached hydrogen (secondary N) is 1. The zero-order valence-electron chi connectivity index (χ0n) is 13.2. The summed E-state index contributed by atoms with van der Waals surface area (Å²) in [5.74, 6) is -5.26. The van der Waals surface area contributed by atoms with Gasteiger partial charge in [0.25, 0.3) is 0 Å². The van der Waals surface area contributed by atoms with Crippen LogP contribution in [0.4, 0.5) is 24.5 Å². The highest BCUT2D eigenvalue weighted by atomic mass is 35.5. The van der Waals surface area contributed by atoms with Gasteiger partial charge in [0, 0.05) is 11.8 Å². The number of hydrogen-bond donors (Lipinski definition) is 2. The van der Waals surface area contributed by atoms with Gasteiger partial charge in [-0.15, -0.1) is 0 Å². The number of ether oxygens (including phenoxy) is 1. The summed E-state index contributed by atoms with van der Waals surface area (Å²) in [5.41, 5.74) is 5.08. The number of nitrogens with zero attached hydrogens (tertiary/aromatic N) is 1. The summed E-state index contributed by atoms with van der Waals surface area (Å²) in [6, 6.07) is 1.92. The second kappa shape index (κ2) is 8.29. The van der Waals surface area contributed by atoms with Gasteiger partial charge in [0.1, 0.15) is 5.02 Å². The van der Waals surface area contributed by atoms with E-state index in [2.05, 4.69) is 10.3 Å². The zero-order chi connectivity index (χ0) is 19.4. The molecule has 0 fully saturated rings. The van der Waals surface area contributed by atoms with Crippen molar-refractivity contribution in [3.8, 4) is 0 Å². The van der Waals surface area contributed by atoms with E-state index in [1.165, 1.54) is 19.2 Å². The van der Waals surface area contributed by atoms with Gasteiger partial charge in [-0.05, 0) is 19.1 Å². The number of hydrogen-bond acceptors (Lipinski definition) is 5. The molecule has 5 nitrogen and oxygen atoms in total. The highest BCUT2D eigenvalue weighted by Crippen LogP contribution is 2.30. The third-order valence-corrected chi connectivity index (χ3v) is 3.79. The van der Waals surface area contributed by atoms with Crippen LogP contribution < -0.4 is 11.1 Å². The van der Waals surface area contributed by atoms with Crippen molar-refractivity contribution in [3.05, 3.63) is 57.7 Å². The number of nitrogen functional groups attached to an aromatic ring is 1. The Morgan fingerprint density at radius 2 is 2.00 bits per heavy atom. The van der Waals surface area contributed by atoms with Crippen molar-refractivity contribution in [2.45, 2.75) is 6.92 Å². The van der Waals surface area contributed by atoms with Gasteiger partial charge in [0.15, 0.2) is 22.6 Å². The number of esters is 1. The van der Waals surface area contributed by atoms with Gasteiger partial charge in [-0.25, -0.2) is 22.9 Å². The first-order valence-electron chi connectivity index (χ1n) is 7.14. The Morgan fingerprint density at radius 3 is 2.62 bits per heavy atom. The van der Waals surface area contributed by atoms with Gasteiger partial charge >= 0.3 is 5.97 Å². The topological polar surface area (TPSA) is 77.2 Å². The summed E-state index contributed by atoms with van der Waals surface area (Å²) >= 11 is 11.1. The normalized spacial score (nSPS) is 11.4. The van der Waals surface area contributed by atoms with E-state index in [9.17, 15) is 18.0 Å². The maximum absolute atomic E-state index is 14.3. The zero-order valence-corrected chi connectivity index (χ0v) is 14.8. The van der Waals surface area contributed by atoms with Crippen LogP contribution in [-0.4, -0.2) is 17.6 Å². The van der Waals surface area contributed by atoms with Crippen LogP contribution in [-0.2, 0) is 9.53 Å². The first kappa shape index (κ1) is 19.9. The predicted octanol–water partition coefficient (Wildman–Crippen LogP) is 4.40. The molecule has 0 amide bonds. The molecule has 0 aliphatic rings. The lowest BCUT2D eigenvalue weighted by atomic mass is 10.1. The number of nitrogens with two attached hydrogens (primary N) is 1. The number of benzene rings is 1. The van der Waals surface area contributed by atoms with Crippen LogP contribution in [0.5, 0.6) is 0 Å². The van der Waals surface area contributed by atoms with E-state index in [0.29, 0.717) is 11.8 Å². The third-order valence-electron chi connectivity index (χ3n) is 3.14. The molecule has 0 atom stereocenters. The summed E-state index contributed by atoms with van der Waals surface area (Å²) in [6.45, 7) is 1.51. The van der Waals surface area contributed by atoms with E-state index in [4.69, 9.17) is 33.7 Å². The molecule has 1 aromatic heterocycles. The number of carbonyl (C=O) groups excluding carboxylic acids is 1. The van der Waals surface area contributed by atoms with Gasteiger partial charge < -0.3 is 15.8 Å². The van der Waals surface area contributed by atoms with E-state index in [1.807, 2.05) is 0 Å². The van der Waals surface area contributed by atoms with Crippen LogP contribution in [0.2, 0.25) is 10.2 Å². The average Bonchev–Trinajstić information content (AvgIpc) is 2.60. The van der Waals surface area contributed by atoms with Gasteiger partial charge in [-0.2, -0.15) is 0 Å². The number of carbonyl (C=O) groups is 1. The quantitative estimate of drug-likeness (QED) is 0.253. The Morgan fingerprint density at radius 1 is 1.31 bits per heavy atom.